The molecule has 2 aromatic carbocycles. The first kappa shape index (κ1) is 24.8. The number of amides is 2. The molecule has 0 aliphatic heterocycles. The third-order valence-electron chi connectivity index (χ3n) is 7.77. The summed E-state index contributed by atoms with van der Waals surface area (Å²) >= 11 is 0. The lowest BCUT2D eigenvalue weighted by Gasteiger charge is -2.38. The molecule has 0 spiro atoms. The number of nitrogens with zero attached hydrogens (tertiary/aromatic N) is 1. The van der Waals surface area contributed by atoms with E-state index in [0.717, 1.165) is 30.4 Å². The molecule has 2 N–H and O–H groups in total. The van der Waals surface area contributed by atoms with Crippen molar-refractivity contribution in [1.29, 1.82) is 0 Å². The molecule has 2 aliphatic carbocycles. The molecule has 2 atom stereocenters. The van der Waals surface area contributed by atoms with Gasteiger partial charge in [-0.15, -0.1) is 0 Å². The lowest BCUT2D eigenvalue weighted by molar-refractivity contribution is -0.158. The van der Waals surface area contributed by atoms with Gasteiger partial charge in [0, 0.05) is 25.4 Å². The fraction of sp³-hybridized carbons (Fsp3) is 0.464. The smallest absolute Gasteiger partial charge is 0.407 e. The molecule has 186 valence electrons. The lowest BCUT2D eigenvalue weighted by atomic mass is 9.78. The maximum Gasteiger partial charge on any atom is 0.407 e. The number of fused-ring (bicyclic) bond motifs is 3. The van der Waals surface area contributed by atoms with Crippen molar-refractivity contribution in [3.63, 3.8) is 0 Å². The number of hydrogen-bond donors (Lipinski definition) is 2. The molecule has 0 bridgehead atoms. The second-order valence-corrected chi connectivity index (χ2v) is 10.1. The van der Waals surface area contributed by atoms with Gasteiger partial charge < -0.3 is 20.1 Å². The average molecular weight is 479 g/mol. The zero-order valence-corrected chi connectivity index (χ0v) is 20.6. The van der Waals surface area contributed by atoms with Crippen LogP contribution in [-0.4, -0.2) is 53.7 Å². The summed E-state index contributed by atoms with van der Waals surface area (Å²) in [6, 6.07) is 16.4. The normalized spacial score (nSPS) is 19.4. The van der Waals surface area contributed by atoms with Crippen molar-refractivity contribution in [1.82, 2.24) is 10.2 Å². The van der Waals surface area contributed by atoms with Crippen LogP contribution >= 0.6 is 0 Å². The number of likely N-dealkylation sites (N-methyl/N-ethyl adjacent to an activating group) is 1. The number of carbonyl (C=O) groups excluding carboxylic acids is 2. The van der Waals surface area contributed by atoms with Crippen LogP contribution in [0.2, 0.25) is 0 Å². The molecule has 1 saturated carbocycles. The molecule has 2 unspecified atom stereocenters. The highest BCUT2D eigenvalue weighted by Gasteiger charge is 2.41. The number of aliphatic carboxylic acids is 1. The Kier molecular flexibility index (Phi) is 7.15. The summed E-state index contributed by atoms with van der Waals surface area (Å²) in [5.74, 6) is -1.61. The van der Waals surface area contributed by atoms with Crippen LogP contribution in [0.1, 0.15) is 56.6 Å². The van der Waals surface area contributed by atoms with E-state index in [-0.39, 0.29) is 30.3 Å². The van der Waals surface area contributed by atoms with Crippen LogP contribution in [0.15, 0.2) is 48.5 Å². The molecular formula is C28H34N2O5. The number of carbonyl (C=O) groups is 3. The predicted molar refractivity (Wildman–Crippen MR) is 133 cm³/mol. The van der Waals surface area contributed by atoms with E-state index in [1.165, 1.54) is 29.9 Å². The average Bonchev–Trinajstić information content (AvgIpc) is 3.19. The second-order valence-electron chi connectivity index (χ2n) is 10.1. The molecule has 7 heteroatoms. The van der Waals surface area contributed by atoms with E-state index in [9.17, 15) is 19.5 Å². The highest BCUT2D eigenvalue weighted by atomic mass is 16.5. The van der Waals surface area contributed by atoms with Gasteiger partial charge in [0.15, 0.2) is 0 Å². The third kappa shape index (κ3) is 4.90. The minimum absolute atomic E-state index is 0.0101. The Balaban J connectivity index is 1.36. The summed E-state index contributed by atoms with van der Waals surface area (Å²) in [6.45, 7) is 3.62. The van der Waals surface area contributed by atoms with Gasteiger partial charge in [-0.2, -0.15) is 0 Å². The van der Waals surface area contributed by atoms with Crippen molar-refractivity contribution >= 4 is 18.0 Å². The molecule has 4 rings (SSSR count). The van der Waals surface area contributed by atoms with Gasteiger partial charge in [0.1, 0.15) is 12.1 Å². The van der Waals surface area contributed by atoms with Crippen molar-refractivity contribution in [2.45, 2.75) is 51.0 Å². The van der Waals surface area contributed by atoms with Gasteiger partial charge in [-0.1, -0.05) is 61.4 Å². The summed E-state index contributed by atoms with van der Waals surface area (Å²) in [5.41, 5.74) is 3.37. The van der Waals surface area contributed by atoms with Crippen molar-refractivity contribution in [2.75, 3.05) is 20.2 Å². The Morgan fingerprint density at radius 1 is 1.00 bits per heavy atom. The monoisotopic (exact) mass is 478 g/mol. The summed E-state index contributed by atoms with van der Waals surface area (Å²) < 4.78 is 5.64. The van der Waals surface area contributed by atoms with E-state index in [1.807, 2.05) is 24.3 Å². The van der Waals surface area contributed by atoms with Crippen LogP contribution in [0.3, 0.4) is 0 Å². The van der Waals surface area contributed by atoms with Crippen LogP contribution in [0.5, 0.6) is 0 Å². The maximum atomic E-state index is 13.2. The van der Waals surface area contributed by atoms with E-state index in [1.54, 1.807) is 7.05 Å². The number of ether oxygens (including phenoxy) is 1. The van der Waals surface area contributed by atoms with E-state index < -0.39 is 17.6 Å². The number of carboxylic acids is 1. The molecule has 2 aromatic rings. The first-order valence-electron chi connectivity index (χ1n) is 12.3. The minimum Gasteiger partial charge on any atom is -0.480 e. The summed E-state index contributed by atoms with van der Waals surface area (Å²) in [5, 5.41) is 12.4. The van der Waals surface area contributed by atoms with Gasteiger partial charge in [0.25, 0.3) is 0 Å². The fourth-order valence-corrected chi connectivity index (χ4v) is 5.31. The molecule has 2 aliphatic rings. The molecule has 0 aromatic heterocycles. The fourth-order valence-electron chi connectivity index (χ4n) is 5.31. The van der Waals surface area contributed by atoms with Gasteiger partial charge in [-0.3, -0.25) is 4.79 Å². The quantitative estimate of drug-likeness (QED) is 0.604. The summed E-state index contributed by atoms with van der Waals surface area (Å²) in [7, 11) is 1.54. The van der Waals surface area contributed by atoms with Gasteiger partial charge in [0.2, 0.25) is 5.91 Å². The number of rotatable bonds is 7. The van der Waals surface area contributed by atoms with Crippen LogP contribution in [0.25, 0.3) is 11.1 Å². The number of benzene rings is 2. The van der Waals surface area contributed by atoms with E-state index in [2.05, 4.69) is 29.6 Å². The SMILES string of the molecule is CN(C(=O)C1CCCCC1CNC(=O)OCC1c2ccccc2-c2ccccc21)C(C)(C)C(=O)O. The highest BCUT2D eigenvalue weighted by Crippen LogP contribution is 2.44. The molecule has 7 nitrogen and oxygen atoms in total. The maximum absolute atomic E-state index is 13.2. The topological polar surface area (TPSA) is 95.9 Å². The molecule has 0 saturated heterocycles. The zero-order valence-electron chi connectivity index (χ0n) is 20.6. The predicted octanol–water partition coefficient (Wildman–Crippen LogP) is 4.65. The van der Waals surface area contributed by atoms with Gasteiger partial charge >= 0.3 is 12.1 Å². The molecular weight excluding hydrogens is 444 g/mol. The molecule has 1 fully saturated rings. The van der Waals surface area contributed by atoms with Crippen LogP contribution < -0.4 is 5.32 Å². The van der Waals surface area contributed by atoms with Gasteiger partial charge in [-0.25, -0.2) is 9.59 Å². The highest BCUT2D eigenvalue weighted by molar-refractivity contribution is 5.87. The Morgan fingerprint density at radius 3 is 2.17 bits per heavy atom. The van der Waals surface area contributed by atoms with Gasteiger partial charge in [0.05, 0.1) is 0 Å². The standard InChI is InChI=1S/C28H34N2O5/c1-28(2,26(32)33)30(3)25(31)19-11-5-4-10-18(19)16-29-27(34)35-17-24-22-14-8-6-12-20(22)21-13-7-9-15-23(21)24/h6-9,12-15,18-19,24H,4-5,10-11,16-17H2,1-3H3,(H,29,34)(H,32,33). The van der Waals surface area contributed by atoms with Crippen molar-refractivity contribution in [3.8, 4) is 11.1 Å². The number of nitrogens with one attached hydrogen (secondary N) is 1. The summed E-state index contributed by atoms with van der Waals surface area (Å²) in [6.07, 6.45) is 2.89. The van der Waals surface area contributed by atoms with Crippen molar-refractivity contribution in [3.05, 3.63) is 59.7 Å². The van der Waals surface area contributed by atoms with Crippen LogP contribution in [0.4, 0.5) is 4.79 Å². The number of hydrogen-bond acceptors (Lipinski definition) is 4. The molecule has 0 radical (unpaired) electrons. The van der Waals surface area contributed by atoms with E-state index in [4.69, 9.17) is 4.74 Å². The van der Waals surface area contributed by atoms with Crippen molar-refractivity contribution < 1.29 is 24.2 Å². The van der Waals surface area contributed by atoms with Crippen molar-refractivity contribution in [2.24, 2.45) is 11.8 Å². The molecule has 35 heavy (non-hydrogen) atoms. The van der Waals surface area contributed by atoms with Crippen LogP contribution in [0, 0.1) is 11.8 Å². The van der Waals surface area contributed by atoms with E-state index in [0.29, 0.717) is 13.0 Å². The lowest BCUT2D eigenvalue weighted by Crippen LogP contribution is -2.54. The largest absolute Gasteiger partial charge is 0.480 e. The van der Waals surface area contributed by atoms with Gasteiger partial charge in [-0.05, 0) is 54.9 Å². The Labute approximate surface area is 206 Å². The number of carboxylic acid groups (broad SMARTS) is 1. The first-order chi connectivity index (χ1) is 16.7. The second kappa shape index (κ2) is 10.1. The molecule has 2 amide bonds. The zero-order chi connectivity index (χ0) is 25.2. The third-order valence-corrected chi connectivity index (χ3v) is 7.77. The minimum atomic E-state index is -1.29. The summed E-state index contributed by atoms with van der Waals surface area (Å²) in [4.78, 5) is 38.7. The number of alkyl carbamates (subject to hydrolysis) is 1. The van der Waals surface area contributed by atoms with Crippen LogP contribution in [-0.2, 0) is 14.3 Å². The van der Waals surface area contributed by atoms with E-state index >= 15 is 0 Å². The first-order valence-corrected chi connectivity index (χ1v) is 12.3. The Bertz CT molecular complexity index is 1070. The Morgan fingerprint density at radius 2 is 1.57 bits per heavy atom. The Hall–Kier alpha value is -3.35. The molecule has 0 heterocycles.